The monoisotopic (exact) mass is 447 g/mol. The molecule has 0 bridgehead atoms. The van der Waals surface area contributed by atoms with E-state index in [9.17, 15) is 9.59 Å². The van der Waals surface area contributed by atoms with E-state index in [2.05, 4.69) is 15.6 Å². The number of rotatable bonds is 7. The van der Waals surface area contributed by atoms with E-state index < -0.39 is 0 Å². The maximum Gasteiger partial charge on any atom is 0.257 e. The molecule has 0 atom stereocenters. The maximum absolute atomic E-state index is 13.0. The molecular formula is C24H21N3O4S. The van der Waals surface area contributed by atoms with Gasteiger partial charge in [-0.25, -0.2) is 4.98 Å². The Labute approximate surface area is 189 Å². The number of para-hydroxylation sites is 2. The molecule has 0 aliphatic carbocycles. The zero-order chi connectivity index (χ0) is 22.5. The van der Waals surface area contributed by atoms with Crippen LogP contribution in [-0.4, -0.2) is 23.9 Å². The molecule has 0 aliphatic rings. The van der Waals surface area contributed by atoms with Gasteiger partial charge in [-0.3, -0.25) is 9.59 Å². The Morgan fingerprint density at radius 1 is 1.03 bits per heavy atom. The zero-order valence-corrected chi connectivity index (χ0v) is 18.4. The third kappa shape index (κ3) is 4.92. The van der Waals surface area contributed by atoms with E-state index in [-0.39, 0.29) is 11.8 Å². The quantitative estimate of drug-likeness (QED) is 0.372. The lowest BCUT2D eigenvalue weighted by Crippen LogP contribution is -2.14. The number of hydrogen-bond donors (Lipinski definition) is 2. The molecule has 32 heavy (non-hydrogen) atoms. The number of nitrogens with zero attached hydrogens (tertiary/aromatic N) is 1. The first-order valence-corrected chi connectivity index (χ1v) is 10.9. The van der Waals surface area contributed by atoms with Crippen LogP contribution in [0.4, 0.5) is 11.4 Å². The number of hydrogen-bond acceptors (Lipinski definition) is 6. The fourth-order valence-electron chi connectivity index (χ4n) is 3.19. The van der Waals surface area contributed by atoms with E-state index >= 15 is 0 Å². The van der Waals surface area contributed by atoms with Gasteiger partial charge in [-0.15, -0.1) is 0 Å². The molecule has 162 valence electrons. The van der Waals surface area contributed by atoms with Crippen LogP contribution < -0.4 is 15.4 Å². The fraction of sp³-hybridized carbons (Fsp3) is 0.125. The van der Waals surface area contributed by atoms with Crippen molar-refractivity contribution in [3.8, 4) is 5.75 Å². The van der Waals surface area contributed by atoms with Crippen molar-refractivity contribution in [1.82, 2.24) is 4.98 Å². The van der Waals surface area contributed by atoms with E-state index in [4.69, 9.17) is 9.15 Å². The lowest BCUT2D eigenvalue weighted by Gasteiger charge is -2.13. The molecule has 0 fully saturated rings. The number of fused-ring (bicyclic) bond motifs is 1. The fourth-order valence-corrected chi connectivity index (χ4v) is 4.03. The second-order valence-corrected chi connectivity index (χ2v) is 7.87. The van der Waals surface area contributed by atoms with Gasteiger partial charge in [-0.2, -0.15) is 0 Å². The Morgan fingerprint density at radius 3 is 2.59 bits per heavy atom. The van der Waals surface area contributed by atoms with Crippen LogP contribution in [0.5, 0.6) is 5.75 Å². The van der Waals surface area contributed by atoms with Gasteiger partial charge in [-0.1, -0.05) is 42.1 Å². The number of amides is 2. The van der Waals surface area contributed by atoms with Crippen molar-refractivity contribution in [2.45, 2.75) is 17.9 Å². The summed E-state index contributed by atoms with van der Waals surface area (Å²) in [7, 11) is 1.52. The van der Waals surface area contributed by atoms with Crippen LogP contribution in [0.3, 0.4) is 0 Å². The zero-order valence-electron chi connectivity index (χ0n) is 17.5. The molecule has 0 aliphatic heterocycles. The minimum absolute atomic E-state index is 0.228. The summed E-state index contributed by atoms with van der Waals surface area (Å²) in [6.07, 6.45) is 0. The van der Waals surface area contributed by atoms with Crippen molar-refractivity contribution in [1.29, 1.82) is 0 Å². The van der Waals surface area contributed by atoms with Gasteiger partial charge >= 0.3 is 0 Å². The van der Waals surface area contributed by atoms with Crippen molar-refractivity contribution < 1.29 is 18.7 Å². The lowest BCUT2D eigenvalue weighted by molar-refractivity contribution is -0.114. The number of thioether (sulfide) groups is 1. The largest absolute Gasteiger partial charge is 0.495 e. The molecule has 1 heterocycles. The highest BCUT2D eigenvalue weighted by Gasteiger charge is 2.14. The van der Waals surface area contributed by atoms with Gasteiger partial charge in [0, 0.05) is 23.9 Å². The number of carbonyl (C=O) groups excluding carboxylic acids is 2. The first-order chi connectivity index (χ1) is 15.5. The molecule has 1 aromatic heterocycles. The third-order valence-corrected chi connectivity index (χ3v) is 5.53. The van der Waals surface area contributed by atoms with Gasteiger partial charge in [0.1, 0.15) is 11.3 Å². The van der Waals surface area contributed by atoms with Gasteiger partial charge in [0.2, 0.25) is 5.91 Å². The molecule has 4 aromatic rings. The summed E-state index contributed by atoms with van der Waals surface area (Å²) >= 11 is 1.43. The number of benzene rings is 3. The number of anilines is 2. The molecule has 2 amide bonds. The van der Waals surface area contributed by atoms with Gasteiger partial charge in [0.05, 0.1) is 12.8 Å². The predicted molar refractivity (Wildman–Crippen MR) is 125 cm³/mol. The van der Waals surface area contributed by atoms with Crippen LogP contribution in [0.25, 0.3) is 11.1 Å². The van der Waals surface area contributed by atoms with Crippen LogP contribution in [-0.2, 0) is 10.5 Å². The Bertz CT molecular complexity index is 1250. The molecule has 0 saturated heterocycles. The molecule has 0 radical (unpaired) electrons. The van der Waals surface area contributed by atoms with Gasteiger partial charge in [0.15, 0.2) is 5.58 Å². The van der Waals surface area contributed by atoms with Crippen LogP contribution in [0.2, 0.25) is 0 Å². The molecule has 7 nitrogen and oxygen atoms in total. The average molecular weight is 448 g/mol. The smallest absolute Gasteiger partial charge is 0.257 e. The molecule has 3 aromatic carbocycles. The molecule has 0 saturated carbocycles. The van der Waals surface area contributed by atoms with Crippen LogP contribution in [0.15, 0.2) is 76.4 Å². The number of methoxy groups -OCH3 is 1. The average Bonchev–Trinajstić information content (AvgIpc) is 3.21. The number of carbonyl (C=O) groups is 2. The minimum Gasteiger partial charge on any atom is -0.495 e. The first-order valence-electron chi connectivity index (χ1n) is 9.87. The SMILES string of the molecule is COc1ccc(NC(=O)c2ccccc2CSc2nc3ccccc3o2)cc1NC(C)=O. The van der Waals surface area contributed by atoms with Crippen molar-refractivity contribution in [2.24, 2.45) is 0 Å². The van der Waals surface area contributed by atoms with Gasteiger partial charge < -0.3 is 19.8 Å². The molecule has 2 N–H and O–H groups in total. The summed E-state index contributed by atoms with van der Waals surface area (Å²) in [5, 5.41) is 6.14. The standard InChI is InChI=1S/C24H21N3O4S/c1-15(28)25-20-13-17(11-12-21(20)30-2)26-23(29)18-8-4-3-7-16(18)14-32-24-27-19-9-5-6-10-22(19)31-24/h3-13H,14H2,1-2H3,(H,25,28)(H,26,29). The van der Waals surface area contributed by atoms with Crippen molar-refractivity contribution in [3.05, 3.63) is 77.9 Å². The highest BCUT2D eigenvalue weighted by atomic mass is 32.2. The van der Waals surface area contributed by atoms with Crippen LogP contribution >= 0.6 is 11.8 Å². The summed E-state index contributed by atoms with van der Waals surface area (Å²) in [5.74, 6) is 0.551. The third-order valence-electron chi connectivity index (χ3n) is 4.66. The van der Waals surface area contributed by atoms with E-state index in [0.717, 1.165) is 16.7 Å². The van der Waals surface area contributed by atoms with E-state index in [1.807, 2.05) is 42.5 Å². The lowest BCUT2D eigenvalue weighted by atomic mass is 10.1. The Hall–Kier alpha value is -3.78. The molecular weight excluding hydrogens is 426 g/mol. The highest BCUT2D eigenvalue weighted by Crippen LogP contribution is 2.30. The Kier molecular flexibility index (Phi) is 6.42. The molecule has 4 rings (SSSR count). The number of aromatic nitrogens is 1. The number of ether oxygens (including phenoxy) is 1. The molecule has 0 unspecified atom stereocenters. The summed E-state index contributed by atoms with van der Waals surface area (Å²) in [5.41, 5.74) is 3.96. The molecule has 0 spiro atoms. The second-order valence-electron chi connectivity index (χ2n) is 6.94. The summed E-state index contributed by atoms with van der Waals surface area (Å²) < 4.78 is 11.0. The van der Waals surface area contributed by atoms with Gasteiger partial charge in [0.25, 0.3) is 11.1 Å². The van der Waals surface area contributed by atoms with Crippen LogP contribution in [0, 0.1) is 0 Å². The summed E-state index contributed by atoms with van der Waals surface area (Å²) in [6.45, 7) is 1.41. The Balaban J connectivity index is 1.50. The highest BCUT2D eigenvalue weighted by molar-refractivity contribution is 7.98. The van der Waals surface area contributed by atoms with Crippen molar-refractivity contribution in [2.75, 3.05) is 17.7 Å². The van der Waals surface area contributed by atoms with Crippen molar-refractivity contribution in [3.63, 3.8) is 0 Å². The minimum atomic E-state index is -0.252. The number of oxazole rings is 1. The number of nitrogens with one attached hydrogen (secondary N) is 2. The maximum atomic E-state index is 13.0. The first kappa shape index (κ1) is 21.5. The summed E-state index contributed by atoms with van der Waals surface area (Å²) in [4.78, 5) is 28.9. The topological polar surface area (TPSA) is 93.5 Å². The second kappa shape index (κ2) is 9.57. The van der Waals surface area contributed by atoms with E-state index in [1.165, 1.54) is 25.8 Å². The van der Waals surface area contributed by atoms with E-state index in [1.54, 1.807) is 24.3 Å². The van der Waals surface area contributed by atoms with Crippen LogP contribution in [0.1, 0.15) is 22.8 Å². The van der Waals surface area contributed by atoms with Gasteiger partial charge in [-0.05, 0) is 42.0 Å². The predicted octanol–water partition coefficient (Wildman–Crippen LogP) is 5.34. The Morgan fingerprint density at radius 2 is 1.81 bits per heavy atom. The molecule has 8 heteroatoms. The van der Waals surface area contributed by atoms with Crippen molar-refractivity contribution >= 4 is 46.1 Å². The summed E-state index contributed by atoms with van der Waals surface area (Å²) in [6, 6.07) is 20.0. The van der Waals surface area contributed by atoms with E-state index in [0.29, 0.717) is 33.7 Å². The normalized spacial score (nSPS) is 10.7.